The zero-order valence-corrected chi connectivity index (χ0v) is 20.9. The van der Waals surface area contributed by atoms with Crippen molar-refractivity contribution < 1.29 is 9.59 Å². The summed E-state index contributed by atoms with van der Waals surface area (Å²) in [5.74, 6) is -0.218. The highest BCUT2D eigenvalue weighted by atomic mass is 35.5. The van der Waals surface area contributed by atoms with Crippen LogP contribution in [0.4, 0.5) is 0 Å². The molecule has 0 saturated carbocycles. The van der Waals surface area contributed by atoms with Gasteiger partial charge in [-0.3, -0.25) is 9.59 Å². The number of carbonyl (C=O) groups excluding carboxylic acids is 2. The van der Waals surface area contributed by atoms with Crippen molar-refractivity contribution in [3.63, 3.8) is 0 Å². The zero-order chi connectivity index (χ0) is 23.8. The lowest BCUT2D eigenvalue weighted by Crippen LogP contribution is -2.50. The van der Waals surface area contributed by atoms with Crippen LogP contribution in [0, 0.1) is 6.92 Å². The summed E-state index contributed by atoms with van der Waals surface area (Å²) in [7, 11) is 1.58. The largest absolute Gasteiger partial charge is 0.357 e. The van der Waals surface area contributed by atoms with Crippen LogP contribution >= 0.6 is 35.0 Å². The molecule has 0 aliphatic heterocycles. The lowest BCUT2D eigenvalue weighted by Gasteiger charge is -2.31. The van der Waals surface area contributed by atoms with Crippen molar-refractivity contribution in [3.8, 4) is 0 Å². The van der Waals surface area contributed by atoms with E-state index >= 15 is 0 Å². The molecule has 0 fully saturated rings. The van der Waals surface area contributed by atoms with E-state index in [0.29, 0.717) is 22.0 Å². The Kier molecular flexibility index (Phi) is 9.24. The molecule has 1 atom stereocenters. The third-order valence-corrected chi connectivity index (χ3v) is 7.00. The lowest BCUT2D eigenvalue weighted by molar-refractivity contribution is -0.139. The second-order valence-electron chi connectivity index (χ2n) is 7.64. The van der Waals surface area contributed by atoms with E-state index in [1.54, 1.807) is 30.1 Å². The maximum absolute atomic E-state index is 13.5. The molecule has 7 heteroatoms. The van der Waals surface area contributed by atoms with Gasteiger partial charge in [0.05, 0.1) is 5.75 Å². The average Bonchev–Trinajstić information content (AvgIpc) is 2.82. The fourth-order valence-electron chi connectivity index (χ4n) is 3.44. The van der Waals surface area contributed by atoms with Gasteiger partial charge in [0.2, 0.25) is 11.8 Å². The number of thioether (sulfide) groups is 1. The van der Waals surface area contributed by atoms with Crippen molar-refractivity contribution in [2.24, 2.45) is 0 Å². The fourth-order valence-corrected chi connectivity index (χ4v) is 4.74. The van der Waals surface area contributed by atoms with Gasteiger partial charge in [-0.1, -0.05) is 77.3 Å². The van der Waals surface area contributed by atoms with Crippen LogP contribution in [0.1, 0.15) is 16.7 Å². The summed E-state index contributed by atoms with van der Waals surface area (Å²) in [5, 5.41) is 3.63. The first-order chi connectivity index (χ1) is 15.9. The van der Waals surface area contributed by atoms with E-state index in [1.165, 1.54) is 11.8 Å². The van der Waals surface area contributed by atoms with Gasteiger partial charge in [-0.15, -0.1) is 11.8 Å². The Labute approximate surface area is 209 Å². The molecule has 3 rings (SSSR count). The van der Waals surface area contributed by atoms with E-state index in [1.807, 2.05) is 61.5 Å². The number of nitrogens with one attached hydrogen (secondary N) is 1. The third-order valence-electron chi connectivity index (χ3n) is 5.29. The van der Waals surface area contributed by atoms with Gasteiger partial charge in [-0.25, -0.2) is 0 Å². The van der Waals surface area contributed by atoms with E-state index in [-0.39, 0.29) is 24.1 Å². The Morgan fingerprint density at radius 3 is 2.18 bits per heavy atom. The van der Waals surface area contributed by atoms with E-state index < -0.39 is 6.04 Å². The molecule has 0 saturated heterocycles. The molecule has 0 aliphatic carbocycles. The molecule has 0 heterocycles. The van der Waals surface area contributed by atoms with Crippen molar-refractivity contribution in [2.45, 2.75) is 30.8 Å². The van der Waals surface area contributed by atoms with Crippen LogP contribution in [0.25, 0.3) is 0 Å². The van der Waals surface area contributed by atoms with Gasteiger partial charge in [-0.05, 0) is 36.8 Å². The molecule has 33 heavy (non-hydrogen) atoms. The van der Waals surface area contributed by atoms with Crippen molar-refractivity contribution in [1.82, 2.24) is 10.2 Å². The topological polar surface area (TPSA) is 49.4 Å². The quantitative estimate of drug-likeness (QED) is 0.378. The molecular formula is C26H26Cl2N2O2S. The molecule has 3 aromatic carbocycles. The number of likely N-dealkylation sites (N-methyl/N-ethyl adjacent to an activating group) is 1. The van der Waals surface area contributed by atoms with Crippen LogP contribution in [-0.2, 0) is 22.6 Å². The fraction of sp³-hybridized carbons (Fsp3) is 0.231. The number of carbonyl (C=O) groups is 2. The Bertz CT molecular complexity index is 1070. The predicted molar refractivity (Wildman–Crippen MR) is 137 cm³/mol. The molecule has 0 aliphatic rings. The maximum Gasteiger partial charge on any atom is 0.242 e. The second-order valence-corrected chi connectivity index (χ2v) is 9.51. The molecule has 1 N–H and O–H groups in total. The molecule has 0 bridgehead atoms. The standard InChI is InChI=1S/C26H26Cl2N2O2S/c1-18-11-13-20(14-12-18)33-17-25(31)30(16-21-22(27)9-6-10-23(21)28)24(26(32)29-2)15-19-7-4-3-5-8-19/h3-14,24H,15-17H2,1-2H3,(H,29,32)/t24-/m0/s1. The second kappa shape index (κ2) is 12.1. The Morgan fingerprint density at radius 1 is 0.939 bits per heavy atom. The highest BCUT2D eigenvalue weighted by molar-refractivity contribution is 8.00. The summed E-state index contributed by atoms with van der Waals surface area (Å²) in [5.41, 5.74) is 2.74. The molecule has 2 amide bonds. The molecule has 0 aromatic heterocycles. The van der Waals surface area contributed by atoms with Crippen LogP contribution < -0.4 is 5.32 Å². The van der Waals surface area contributed by atoms with Crippen molar-refractivity contribution in [2.75, 3.05) is 12.8 Å². The Hall–Kier alpha value is -2.47. The predicted octanol–water partition coefficient (Wildman–Crippen LogP) is 5.78. The maximum atomic E-state index is 13.5. The first-order valence-electron chi connectivity index (χ1n) is 10.6. The minimum atomic E-state index is -0.712. The molecule has 0 unspecified atom stereocenters. The van der Waals surface area contributed by atoms with Gasteiger partial charge >= 0.3 is 0 Å². The summed E-state index contributed by atoms with van der Waals surface area (Å²) in [6.45, 7) is 2.16. The van der Waals surface area contributed by atoms with E-state index in [2.05, 4.69) is 5.32 Å². The minimum absolute atomic E-state index is 0.136. The Morgan fingerprint density at radius 2 is 1.58 bits per heavy atom. The number of benzene rings is 3. The van der Waals surface area contributed by atoms with Crippen molar-refractivity contribution in [1.29, 1.82) is 0 Å². The van der Waals surface area contributed by atoms with Gasteiger partial charge in [-0.2, -0.15) is 0 Å². The first-order valence-corrected chi connectivity index (χ1v) is 12.3. The zero-order valence-electron chi connectivity index (χ0n) is 18.6. The highest BCUT2D eigenvalue weighted by Crippen LogP contribution is 2.28. The van der Waals surface area contributed by atoms with Gasteiger partial charge in [0.15, 0.2) is 0 Å². The third kappa shape index (κ3) is 7.00. The highest BCUT2D eigenvalue weighted by Gasteiger charge is 2.30. The summed E-state index contributed by atoms with van der Waals surface area (Å²) in [6, 6.07) is 22.2. The van der Waals surface area contributed by atoms with Crippen LogP contribution in [0.3, 0.4) is 0 Å². The van der Waals surface area contributed by atoms with Gasteiger partial charge in [0.1, 0.15) is 6.04 Å². The van der Waals surface area contributed by atoms with Crippen molar-refractivity contribution >= 4 is 46.8 Å². The van der Waals surface area contributed by atoms with Crippen LogP contribution in [0.15, 0.2) is 77.7 Å². The summed E-state index contributed by atoms with van der Waals surface area (Å²) in [6.07, 6.45) is 0.378. The first kappa shape index (κ1) is 25.2. The number of hydrogen-bond donors (Lipinski definition) is 1. The van der Waals surface area contributed by atoms with Gasteiger partial charge in [0.25, 0.3) is 0 Å². The molecule has 4 nitrogen and oxygen atoms in total. The SMILES string of the molecule is CNC(=O)[C@H](Cc1ccccc1)N(Cc1c(Cl)cccc1Cl)C(=O)CSc1ccc(C)cc1. The Balaban J connectivity index is 1.91. The van der Waals surface area contributed by atoms with E-state index in [4.69, 9.17) is 23.2 Å². The van der Waals surface area contributed by atoms with E-state index in [9.17, 15) is 9.59 Å². The molecule has 0 spiro atoms. The number of hydrogen-bond acceptors (Lipinski definition) is 3. The lowest BCUT2D eigenvalue weighted by atomic mass is 10.0. The molecular weight excluding hydrogens is 475 g/mol. The molecule has 3 aromatic rings. The number of rotatable bonds is 9. The smallest absolute Gasteiger partial charge is 0.242 e. The summed E-state index contributed by atoms with van der Waals surface area (Å²) >= 11 is 14.3. The number of halogens is 2. The normalized spacial score (nSPS) is 11.6. The van der Waals surface area contributed by atoms with Gasteiger partial charge < -0.3 is 10.2 Å². The molecule has 0 radical (unpaired) electrons. The number of amides is 2. The minimum Gasteiger partial charge on any atom is -0.357 e. The monoisotopic (exact) mass is 500 g/mol. The average molecular weight is 501 g/mol. The molecule has 172 valence electrons. The van der Waals surface area contributed by atoms with Crippen molar-refractivity contribution in [3.05, 3.63) is 99.5 Å². The summed E-state index contributed by atoms with van der Waals surface area (Å²) < 4.78 is 0. The number of aryl methyl sites for hydroxylation is 1. The number of nitrogens with zero attached hydrogens (tertiary/aromatic N) is 1. The van der Waals surface area contributed by atoms with Crippen LogP contribution in [-0.4, -0.2) is 35.6 Å². The van der Waals surface area contributed by atoms with Crippen LogP contribution in [0.2, 0.25) is 10.0 Å². The van der Waals surface area contributed by atoms with E-state index in [0.717, 1.165) is 16.0 Å². The van der Waals surface area contributed by atoms with Crippen LogP contribution in [0.5, 0.6) is 0 Å². The summed E-state index contributed by atoms with van der Waals surface area (Å²) in [4.78, 5) is 29.0. The van der Waals surface area contributed by atoms with Gasteiger partial charge in [0, 0.05) is 40.5 Å².